The Balaban J connectivity index is 2.08. The van der Waals surface area contributed by atoms with Crippen LogP contribution in [0.5, 0.6) is 0 Å². The van der Waals surface area contributed by atoms with Crippen LogP contribution in [0.25, 0.3) is 0 Å². The largest absolute Gasteiger partial charge is 0.330 e. The fourth-order valence-corrected chi connectivity index (χ4v) is 3.01. The van der Waals surface area contributed by atoms with Crippen molar-refractivity contribution in [1.82, 2.24) is 9.88 Å². The van der Waals surface area contributed by atoms with Crippen molar-refractivity contribution in [3.05, 3.63) is 16.1 Å². The van der Waals surface area contributed by atoms with Gasteiger partial charge in [-0.25, -0.2) is 4.98 Å². The van der Waals surface area contributed by atoms with Gasteiger partial charge in [-0.3, -0.25) is 4.90 Å². The quantitative estimate of drug-likeness (QED) is 0.822. The standard InChI is InChI=1S/C10H17N3S/c1-13-6-2-3-9(13)10-12-8(4-5-11)7-14-10/h7,9H,2-6,11H2,1H3. The highest BCUT2D eigenvalue weighted by Crippen LogP contribution is 2.32. The molecule has 4 heteroatoms. The molecule has 0 aromatic carbocycles. The minimum atomic E-state index is 0.562. The van der Waals surface area contributed by atoms with E-state index in [-0.39, 0.29) is 0 Å². The van der Waals surface area contributed by atoms with Crippen LogP contribution in [0.15, 0.2) is 5.38 Å². The Morgan fingerprint density at radius 2 is 2.57 bits per heavy atom. The number of thiazole rings is 1. The van der Waals surface area contributed by atoms with Crippen molar-refractivity contribution >= 4 is 11.3 Å². The van der Waals surface area contributed by atoms with Crippen molar-refractivity contribution in [2.24, 2.45) is 5.73 Å². The van der Waals surface area contributed by atoms with E-state index in [4.69, 9.17) is 5.73 Å². The van der Waals surface area contributed by atoms with Gasteiger partial charge in [-0.2, -0.15) is 0 Å². The molecular weight excluding hydrogens is 194 g/mol. The molecule has 2 rings (SSSR count). The first-order valence-electron chi connectivity index (χ1n) is 5.16. The van der Waals surface area contributed by atoms with Crippen LogP contribution in [-0.2, 0) is 6.42 Å². The predicted molar refractivity (Wildman–Crippen MR) is 59.5 cm³/mol. The second-order valence-corrected chi connectivity index (χ2v) is 4.74. The summed E-state index contributed by atoms with van der Waals surface area (Å²) in [6, 6.07) is 0.562. The Hall–Kier alpha value is -0.450. The highest BCUT2D eigenvalue weighted by molar-refractivity contribution is 7.09. The molecule has 14 heavy (non-hydrogen) atoms. The lowest BCUT2D eigenvalue weighted by Crippen LogP contribution is -2.17. The van der Waals surface area contributed by atoms with Gasteiger partial charge in [-0.05, 0) is 33.0 Å². The number of aromatic nitrogens is 1. The van der Waals surface area contributed by atoms with Crippen LogP contribution in [0.2, 0.25) is 0 Å². The van der Waals surface area contributed by atoms with Crippen LogP contribution in [0.3, 0.4) is 0 Å². The zero-order valence-corrected chi connectivity index (χ0v) is 9.39. The number of likely N-dealkylation sites (tertiary alicyclic amines) is 1. The summed E-state index contributed by atoms with van der Waals surface area (Å²) in [5.41, 5.74) is 6.66. The molecule has 0 bridgehead atoms. The molecule has 1 aromatic rings. The summed E-state index contributed by atoms with van der Waals surface area (Å²) in [5.74, 6) is 0. The molecule has 2 N–H and O–H groups in total. The molecule has 0 aliphatic carbocycles. The van der Waals surface area contributed by atoms with E-state index in [2.05, 4.69) is 22.3 Å². The van der Waals surface area contributed by atoms with Crippen molar-refractivity contribution in [3.8, 4) is 0 Å². The minimum Gasteiger partial charge on any atom is -0.330 e. The Bertz CT molecular complexity index is 297. The third-order valence-electron chi connectivity index (χ3n) is 2.78. The summed E-state index contributed by atoms with van der Waals surface area (Å²) < 4.78 is 0. The SMILES string of the molecule is CN1CCCC1c1nc(CCN)cs1. The van der Waals surface area contributed by atoms with Crippen molar-refractivity contribution in [2.75, 3.05) is 20.1 Å². The summed E-state index contributed by atoms with van der Waals surface area (Å²) in [6.45, 7) is 1.90. The summed E-state index contributed by atoms with van der Waals surface area (Å²) in [6.07, 6.45) is 3.46. The van der Waals surface area contributed by atoms with Crippen LogP contribution in [0.4, 0.5) is 0 Å². The molecule has 1 aliphatic rings. The molecule has 1 saturated heterocycles. The fourth-order valence-electron chi connectivity index (χ4n) is 1.96. The molecule has 0 saturated carbocycles. The number of hydrogen-bond donors (Lipinski definition) is 1. The Morgan fingerprint density at radius 3 is 3.21 bits per heavy atom. The number of nitrogens with zero attached hydrogens (tertiary/aromatic N) is 2. The van der Waals surface area contributed by atoms with Gasteiger partial charge in [0.2, 0.25) is 0 Å². The van der Waals surface area contributed by atoms with E-state index in [0.29, 0.717) is 12.6 Å². The summed E-state index contributed by atoms with van der Waals surface area (Å²) in [5, 5.41) is 3.42. The van der Waals surface area contributed by atoms with Gasteiger partial charge in [0.05, 0.1) is 11.7 Å². The molecule has 0 spiro atoms. The van der Waals surface area contributed by atoms with Crippen LogP contribution in [-0.4, -0.2) is 30.0 Å². The zero-order valence-electron chi connectivity index (χ0n) is 8.57. The summed E-state index contributed by atoms with van der Waals surface area (Å²) in [4.78, 5) is 7.02. The van der Waals surface area contributed by atoms with E-state index in [1.807, 2.05) is 0 Å². The lowest BCUT2D eigenvalue weighted by atomic mass is 10.2. The lowest BCUT2D eigenvalue weighted by molar-refractivity contribution is 0.316. The summed E-state index contributed by atoms with van der Waals surface area (Å²) in [7, 11) is 2.18. The van der Waals surface area contributed by atoms with Gasteiger partial charge < -0.3 is 5.73 Å². The van der Waals surface area contributed by atoms with Gasteiger partial charge in [-0.1, -0.05) is 0 Å². The summed E-state index contributed by atoms with van der Waals surface area (Å²) >= 11 is 1.78. The first kappa shape index (κ1) is 10.1. The molecule has 1 aromatic heterocycles. The number of rotatable bonds is 3. The fraction of sp³-hybridized carbons (Fsp3) is 0.700. The molecule has 0 amide bonds. The van der Waals surface area contributed by atoms with Crippen LogP contribution < -0.4 is 5.73 Å². The monoisotopic (exact) mass is 211 g/mol. The van der Waals surface area contributed by atoms with E-state index in [1.54, 1.807) is 11.3 Å². The molecule has 1 atom stereocenters. The van der Waals surface area contributed by atoms with Crippen molar-refractivity contribution in [3.63, 3.8) is 0 Å². The maximum Gasteiger partial charge on any atom is 0.110 e. The van der Waals surface area contributed by atoms with Crippen molar-refractivity contribution in [2.45, 2.75) is 25.3 Å². The van der Waals surface area contributed by atoms with Gasteiger partial charge in [0.25, 0.3) is 0 Å². The molecule has 3 nitrogen and oxygen atoms in total. The topological polar surface area (TPSA) is 42.2 Å². The van der Waals surface area contributed by atoms with E-state index in [0.717, 1.165) is 12.1 Å². The highest BCUT2D eigenvalue weighted by atomic mass is 32.1. The van der Waals surface area contributed by atoms with Gasteiger partial charge in [0.1, 0.15) is 5.01 Å². The smallest absolute Gasteiger partial charge is 0.110 e. The average Bonchev–Trinajstić information content (AvgIpc) is 2.74. The number of hydrogen-bond acceptors (Lipinski definition) is 4. The Morgan fingerprint density at radius 1 is 1.71 bits per heavy atom. The second kappa shape index (κ2) is 4.38. The van der Waals surface area contributed by atoms with E-state index in [9.17, 15) is 0 Å². The number of nitrogens with two attached hydrogens (primary N) is 1. The Labute approximate surface area is 88.9 Å². The third-order valence-corrected chi connectivity index (χ3v) is 3.77. The van der Waals surface area contributed by atoms with Crippen LogP contribution in [0.1, 0.15) is 29.6 Å². The lowest BCUT2D eigenvalue weighted by Gasteiger charge is -2.16. The second-order valence-electron chi connectivity index (χ2n) is 3.85. The average molecular weight is 211 g/mol. The molecule has 0 radical (unpaired) electrons. The maximum absolute atomic E-state index is 5.50. The van der Waals surface area contributed by atoms with E-state index >= 15 is 0 Å². The van der Waals surface area contributed by atoms with Gasteiger partial charge in [0.15, 0.2) is 0 Å². The van der Waals surface area contributed by atoms with E-state index in [1.165, 1.54) is 24.4 Å². The molecule has 1 fully saturated rings. The highest BCUT2D eigenvalue weighted by Gasteiger charge is 2.24. The normalized spacial score (nSPS) is 23.1. The van der Waals surface area contributed by atoms with Gasteiger partial charge in [0, 0.05) is 11.8 Å². The first-order chi connectivity index (χ1) is 6.81. The third kappa shape index (κ3) is 1.97. The van der Waals surface area contributed by atoms with Crippen molar-refractivity contribution < 1.29 is 0 Å². The molecule has 1 aliphatic heterocycles. The van der Waals surface area contributed by atoms with Crippen LogP contribution >= 0.6 is 11.3 Å². The maximum atomic E-state index is 5.50. The Kier molecular flexibility index (Phi) is 3.15. The van der Waals surface area contributed by atoms with Gasteiger partial charge >= 0.3 is 0 Å². The predicted octanol–water partition coefficient (Wildman–Crippen LogP) is 1.41. The minimum absolute atomic E-state index is 0.562. The van der Waals surface area contributed by atoms with Crippen LogP contribution in [0, 0.1) is 0 Å². The molecule has 2 heterocycles. The van der Waals surface area contributed by atoms with E-state index < -0.39 is 0 Å². The van der Waals surface area contributed by atoms with Gasteiger partial charge in [-0.15, -0.1) is 11.3 Å². The molecule has 78 valence electrons. The molecule has 1 unspecified atom stereocenters. The zero-order chi connectivity index (χ0) is 9.97. The molecular formula is C10H17N3S. The first-order valence-corrected chi connectivity index (χ1v) is 6.04. The van der Waals surface area contributed by atoms with Crippen molar-refractivity contribution in [1.29, 1.82) is 0 Å².